The Bertz CT molecular complexity index is 1220. The molecule has 0 aliphatic carbocycles. The lowest BCUT2D eigenvalue weighted by molar-refractivity contribution is 0.0848. The Kier molecular flexibility index (Phi) is 6.96. The molecule has 0 atom stereocenters. The number of benzene rings is 1. The first-order chi connectivity index (χ1) is 15.3. The predicted molar refractivity (Wildman–Crippen MR) is 114 cm³/mol. The van der Waals surface area contributed by atoms with Gasteiger partial charge in [0.25, 0.3) is 0 Å². The summed E-state index contributed by atoms with van der Waals surface area (Å²) in [5, 5.41) is 18.3. The Balaban J connectivity index is 2.14. The van der Waals surface area contributed by atoms with Gasteiger partial charge in [0, 0.05) is 23.6 Å². The number of nitrogens with zero attached hydrogens (tertiary/aromatic N) is 4. The lowest BCUT2D eigenvalue weighted by atomic mass is 10.0. The summed E-state index contributed by atoms with van der Waals surface area (Å²) in [5.74, 6) is -1.35. The summed E-state index contributed by atoms with van der Waals surface area (Å²) in [4.78, 5) is 55.6. The maximum atomic E-state index is 13.4. The van der Waals surface area contributed by atoms with Crippen molar-refractivity contribution in [1.82, 2.24) is 18.7 Å². The molecule has 0 radical (unpaired) electrons. The van der Waals surface area contributed by atoms with Crippen LogP contribution >= 0.6 is 0 Å². The van der Waals surface area contributed by atoms with E-state index in [2.05, 4.69) is 4.98 Å². The van der Waals surface area contributed by atoms with E-state index < -0.39 is 36.5 Å². The molecular formula is C22H24N4O6. The topological polar surface area (TPSA) is 136 Å². The van der Waals surface area contributed by atoms with Gasteiger partial charge in [0.1, 0.15) is 11.5 Å². The molecule has 2 aromatic heterocycles. The lowest BCUT2D eigenvalue weighted by Gasteiger charge is -2.09. The minimum atomic E-state index is -0.979. The van der Waals surface area contributed by atoms with Crippen molar-refractivity contribution in [1.29, 1.82) is 0 Å². The van der Waals surface area contributed by atoms with Gasteiger partial charge in [-0.05, 0) is 37.6 Å². The Morgan fingerprint density at radius 2 is 1.56 bits per heavy atom. The molecule has 0 spiro atoms. The molecule has 0 fully saturated rings. The Labute approximate surface area is 183 Å². The van der Waals surface area contributed by atoms with Crippen LogP contribution in [0.2, 0.25) is 0 Å². The molecule has 2 heterocycles. The maximum absolute atomic E-state index is 13.4. The quantitative estimate of drug-likeness (QED) is 0.498. The Hall–Kier alpha value is -3.63. The molecule has 168 valence electrons. The fourth-order valence-electron chi connectivity index (χ4n) is 3.57. The van der Waals surface area contributed by atoms with Crippen molar-refractivity contribution in [3.63, 3.8) is 0 Å². The number of aryl methyl sites for hydroxylation is 1. The highest BCUT2D eigenvalue weighted by Crippen LogP contribution is 2.19. The smallest absolute Gasteiger partial charge is 0.342 e. The van der Waals surface area contributed by atoms with Crippen LogP contribution in [0.4, 0.5) is 0 Å². The summed E-state index contributed by atoms with van der Waals surface area (Å²) in [6.07, 6.45) is 2.83. The zero-order valence-corrected chi connectivity index (χ0v) is 17.8. The zero-order valence-electron chi connectivity index (χ0n) is 17.8. The largest absolute Gasteiger partial charge is 0.396 e. The third-order valence-corrected chi connectivity index (χ3v) is 5.08. The second-order valence-electron chi connectivity index (χ2n) is 7.06. The molecule has 32 heavy (non-hydrogen) atoms. The highest BCUT2D eigenvalue weighted by atomic mass is 16.3. The van der Waals surface area contributed by atoms with Gasteiger partial charge >= 0.3 is 5.69 Å². The normalized spacial score (nSPS) is 11.0. The molecule has 0 unspecified atom stereocenters. The average Bonchev–Trinajstić information content (AvgIpc) is 3.34. The molecular weight excluding hydrogens is 416 g/mol. The van der Waals surface area contributed by atoms with Crippen LogP contribution in [-0.2, 0) is 6.42 Å². The van der Waals surface area contributed by atoms with Gasteiger partial charge in [0.15, 0.2) is 0 Å². The van der Waals surface area contributed by atoms with Crippen molar-refractivity contribution >= 4 is 17.6 Å². The van der Waals surface area contributed by atoms with Crippen LogP contribution in [0.1, 0.15) is 56.9 Å². The molecule has 0 amide bonds. The summed E-state index contributed by atoms with van der Waals surface area (Å²) in [7, 11) is 0. The average molecular weight is 440 g/mol. The van der Waals surface area contributed by atoms with Crippen molar-refractivity contribution in [2.75, 3.05) is 13.2 Å². The third-order valence-electron chi connectivity index (χ3n) is 5.08. The van der Waals surface area contributed by atoms with E-state index in [0.717, 1.165) is 16.1 Å². The molecule has 10 nitrogen and oxygen atoms in total. The van der Waals surface area contributed by atoms with Gasteiger partial charge in [-0.25, -0.2) is 18.9 Å². The number of carbonyl (C=O) groups excluding carboxylic acids is 3. The minimum absolute atomic E-state index is 0.0827. The van der Waals surface area contributed by atoms with Crippen LogP contribution < -0.4 is 5.69 Å². The van der Waals surface area contributed by atoms with Gasteiger partial charge in [-0.1, -0.05) is 6.92 Å². The van der Waals surface area contributed by atoms with Crippen molar-refractivity contribution in [2.24, 2.45) is 0 Å². The van der Waals surface area contributed by atoms with E-state index in [1.807, 2.05) is 11.5 Å². The van der Waals surface area contributed by atoms with E-state index in [0.29, 0.717) is 4.57 Å². The number of aromatic nitrogens is 4. The molecule has 3 aromatic rings. The van der Waals surface area contributed by atoms with Crippen molar-refractivity contribution < 1.29 is 24.6 Å². The Morgan fingerprint density at radius 1 is 0.969 bits per heavy atom. The van der Waals surface area contributed by atoms with Crippen LogP contribution in [0.3, 0.4) is 0 Å². The van der Waals surface area contributed by atoms with Gasteiger partial charge in [0.05, 0.1) is 31.7 Å². The van der Waals surface area contributed by atoms with Gasteiger partial charge < -0.3 is 14.8 Å². The van der Waals surface area contributed by atoms with Crippen molar-refractivity contribution in [2.45, 2.75) is 33.1 Å². The van der Waals surface area contributed by atoms with Gasteiger partial charge in [-0.3, -0.25) is 14.4 Å². The number of aliphatic hydroxyl groups is 2. The molecule has 0 bridgehead atoms. The van der Waals surface area contributed by atoms with E-state index >= 15 is 0 Å². The van der Waals surface area contributed by atoms with E-state index in [9.17, 15) is 24.3 Å². The van der Waals surface area contributed by atoms with Crippen LogP contribution in [0.25, 0.3) is 5.69 Å². The van der Waals surface area contributed by atoms with Gasteiger partial charge in [-0.15, -0.1) is 0 Å². The van der Waals surface area contributed by atoms with Crippen molar-refractivity contribution in [3.05, 3.63) is 69.9 Å². The van der Waals surface area contributed by atoms with E-state index in [-0.39, 0.29) is 36.2 Å². The molecule has 0 saturated heterocycles. The summed E-state index contributed by atoms with van der Waals surface area (Å²) in [6.45, 7) is 2.49. The van der Waals surface area contributed by atoms with Crippen LogP contribution in [-0.4, -0.2) is 59.7 Å². The number of rotatable bonds is 8. The number of carbonyl (C=O) groups is 3. The zero-order chi connectivity index (χ0) is 23.4. The second kappa shape index (κ2) is 9.67. The lowest BCUT2D eigenvalue weighted by Crippen LogP contribution is -2.34. The van der Waals surface area contributed by atoms with Crippen LogP contribution in [0, 0.1) is 6.92 Å². The summed E-state index contributed by atoms with van der Waals surface area (Å²) in [6, 6.07) is 6.54. The predicted octanol–water partition coefficient (Wildman–Crippen LogP) is 0.983. The van der Waals surface area contributed by atoms with E-state index in [1.54, 1.807) is 43.6 Å². The summed E-state index contributed by atoms with van der Waals surface area (Å²) in [5.41, 5.74) is -0.115. The summed E-state index contributed by atoms with van der Waals surface area (Å²) < 4.78 is 3.25. The molecule has 0 aliphatic rings. The van der Waals surface area contributed by atoms with Crippen molar-refractivity contribution in [3.8, 4) is 5.69 Å². The first kappa shape index (κ1) is 23.0. The second-order valence-corrected chi connectivity index (χ2v) is 7.06. The fourth-order valence-corrected chi connectivity index (χ4v) is 3.57. The SMILES string of the molecule is CCc1c(C(=O)c2ccc(-n3ccnc3C)cc2)n(C(=O)CCO)c(=O)n1C(=O)CCO. The highest BCUT2D eigenvalue weighted by molar-refractivity contribution is 6.11. The van der Waals surface area contributed by atoms with E-state index in [4.69, 9.17) is 5.11 Å². The molecule has 1 aromatic carbocycles. The first-order valence-electron chi connectivity index (χ1n) is 10.2. The van der Waals surface area contributed by atoms with Crippen LogP contribution in [0.5, 0.6) is 0 Å². The standard InChI is InChI=1S/C22H24N4O6/c1-3-17-20(26(19(30)9-13-28)22(32)25(17)18(29)8-12-27)21(31)15-4-6-16(7-5-15)24-11-10-23-14(24)2/h4-7,10-11,27-28H,3,8-9,12-13H2,1-2H3. The van der Waals surface area contributed by atoms with Gasteiger partial charge in [-0.2, -0.15) is 0 Å². The summed E-state index contributed by atoms with van der Waals surface area (Å²) >= 11 is 0. The number of imidazole rings is 2. The first-order valence-corrected chi connectivity index (χ1v) is 10.2. The molecule has 10 heteroatoms. The van der Waals surface area contributed by atoms with E-state index in [1.165, 1.54) is 0 Å². The monoisotopic (exact) mass is 440 g/mol. The number of hydrogen-bond donors (Lipinski definition) is 2. The van der Waals surface area contributed by atoms with Crippen LogP contribution in [0.15, 0.2) is 41.5 Å². The molecule has 2 N–H and O–H groups in total. The molecule has 0 saturated carbocycles. The highest BCUT2D eigenvalue weighted by Gasteiger charge is 2.30. The maximum Gasteiger partial charge on any atom is 0.342 e. The minimum Gasteiger partial charge on any atom is -0.396 e. The molecule has 3 rings (SSSR count). The number of ketones is 1. The number of hydrogen-bond acceptors (Lipinski definition) is 7. The van der Waals surface area contributed by atoms with Gasteiger partial charge in [0.2, 0.25) is 17.6 Å². The molecule has 0 aliphatic heterocycles. The Morgan fingerprint density at radius 3 is 2.06 bits per heavy atom. The fraction of sp³-hybridized carbons (Fsp3) is 0.318. The third kappa shape index (κ3) is 4.10. The number of aliphatic hydroxyl groups excluding tert-OH is 2.